The predicted octanol–water partition coefficient (Wildman–Crippen LogP) is 2.60. The van der Waals surface area contributed by atoms with Gasteiger partial charge in [0.1, 0.15) is 11.6 Å². The Bertz CT molecular complexity index is 194. The van der Waals surface area contributed by atoms with Crippen LogP contribution in [0.1, 0.15) is 48.0 Å². The van der Waals surface area contributed by atoms with Crippen molar-refractivity contribution in [3.8, 4) is 0 Å². The van der Waals surface area contributed by atoms with Gasteiger partial charge in [-0.15, -0.1) is 0 Å². The first kappa shape index (κ1) is 16.5. The van der Waals surface area contributed by atoms with Crippen molar-refractivity contribution in [1.82, 2.24) is 0 Å². The normalized spacial score (nSPS) is 11.9. The summed E-state index contributed by atoms with van der Waals surface area (Å²) in [5.74, 6) is 0.0415. The van der Waals surface area contributed by atoms with Crippen molar-refractivity contribution in [2.45, 2.75) is 48.0 Å². The summed E-state index contributed by atoms with van der Waals surface area (Å²) in [7, 11) is 0. The molecule has 0 aromatic carbocycles. The van der Waals surface area contributed by atoms with E-state index in [-0.39, 0.29) is 39.1 Å². The molecule has 0 aromatic heterocycles. The molecule has 0 saturated heterocycles. The number of ketones is 2. The minimum absolute atomic E-state index is 0. The van der Waals surface area contributed by atoms with Crippen molar-refractivity contribution in [1.29, 1.82) is 0 Å². The minimum Gasteiger partial charge on any atom is -0.299 e. The monoisotopic (exact) mass is 368 g/mol. The van der Waals surface area contributed by atoms with E-state index >= 15 is 0 Å². The third kappa shape index (κ3) is 5.69. The van der Waals surface area contributed by atoms with Gasteiger partial charge in [0.25, 0.3) is 0 Å². The summed E-state index contributed by atoms with van der Waals surface area (Å²) in [4.78, 5) is 23.0. The summed E-state index contributed by atoms with van der Waals surface area (Å²) in [5, 5.41) is 0. The average Bonchev–Trinajstić information content (AvgIpc) is 1.82. The van der Waals surface area contributed by atoms with Gasteiger partial charge in [0, 0.05) is 31.9 Å². The van der Waals surface area contributed by atoms with E-state index in [0.29, 0.717) is 0 Å². The maximum absolute atomic E-state index is 11.5. The summed E-state index contributed by atoms with van der Waals surface area (Å²) in [6, 6.07) is 0. The Morgan fingerprint density at radius 1 is 0.786 bits per heavy atom. The van der Waals surface area contributed by atoms with E-state index in [2.05, 4.69) is 0 Å². The number of hydrogen-bond donors (Lipinski definition) is 0. The molecule has 0 radical (unpaired) electrons. The van der Waals surface area contributed by atoms with Crippen LogP contribution in [0.25, 0.3) is 0 Å². The molecule has 82 valence electrons. The van der Waals surface area contributed by atoms with Crippen molar-refractivity contribution in [3.05, 3.63) is 0 Å². The van der Waals surface area contributed by atoms with E-state index in [0.717, 1.165) is 0 Å². The molecule has 0 bridgehead atoms. The smallest absolute Gasteiger partial charge is 0.145 e. The van der Waals surface area contributed by atoms with Crippen molar-refractivity contribution in [2.24, 2.45) is 10.8 Å². The van der Waals surface area contributed by atoms with Crippen LogP contribution in [0.2, 0.25) is 0 Å². The summed E-state index contributed by atoms with van der Waals surface area (Å²) >= 11 is 0. The SMILES string of the molecule is CC(C)(C)C(=O)CC(=O)C(C)(C)C.[W]. The van der Waals surface area contributed by atoms with E-state index in [4.69, 9.17) is 0 Å². The summed E-state index contributed by atoms with van der Waals surface area (Å²) in [6.07, 6.45) is 0.0625. The van der Waals surface area contributed by atoms with Gasteiger partial charge < -0.3 is 0 Å². The van der Waals surface area contributed by atoms with Gasteiger partial charge in [0.15, 0.2) is 0 Å². The van der Waals surface area contributed by atoms with Gasteiger partial charge in [-0.1, -0.05) is 41.5 Å². The van der Waals surface area contributed by atoms with Gasteiger partial charge in [-0.05, 0) is 0 Å². The van der Waals surface area contributed by atoms with Crippen LogP contribution in [0.15, 0.2) is 0 Å². The van der Waals surface area contributed by atoms with Crippen LogP contribution in [0, 0.1) is 10.8 Å². The van der Waals surface area contributed by atoms with Crippen LogP contribution in [-0.4, -0.2) is 11.6 Å². The maximum Gasteiger partial charge on any atom is 0.145 e. The first-order valence-electron chi connectivity index (χ1n) is 4.62. The number of hydrogen-bond acceptors (Lipinski definition) is 2. The summed E-state index contributed by atoms with van der Waals surface area (Å²) < 4.78 is 0. The average molecular weight is 368 g/mol. The molecule has 0 rings (SSSR count). The van der Waals surface area contributed by atoms with Gasteiger partial charge in [0.05, 0.1) is 6.42 Å². The first-order chi connectivity index (χ1) is 5.55. The fraction of sp³-hybridized carbons (Fsp3) is 0.818. The third-order valence-corrected chi connectivity index (χ3v) is 1.99. The van der Waals surface area contributed by atoms with E-state index in [9.17, 15) is 9.59 Å². The maximum atomic E-state index is 11.5. The van der Waals surface area contributed by atoms with Crippen LogP contribution in [0.5, 0.6) is 0 Å². The second-order valence-corrected chi connectivity index (χ2v) is 5.52. The van der Waals surface area contributed by atoms with Crippen molar-refractivity contribution in [3.63, 3.8) is 0 Å². The van der Waals surface area contributed by atoms with Crippen LogP contribution < -0.4 is 0 Å². The van der Waals surface area contributed by atoms with Crippen LogP contribution >= 0.6 is 0 Å². The Hall–Kier alpha value is 0.0283. The topological polar surface area (TPSA) is 34.1 Å². The van der Waals surface area contributed by atoms with Crippen LogP contribution in [0.4, 0.5) is 0 Å². The molecule has 0 amide bonds. The van der Waals surface area contributed by atoms with E-state index in [1.165, 1.54) is 0 Å². The standard InChI is InChI=1S/C11H20O2.W/c1-10(2,3)8(12)7-9(13)11(4,5)6;/h7H2,1-6H3;. The van der Waals surface area contributed by atoms with Gasteiger partial charge in [0.2, 0.25) is 0 Å². The number of carbonyl (C=O) groups is 2. The second kappa shape index (κ2) is 5.21. The second-order valence-electron chi connectivity index (χ2n) is 5.52. The van der Waals surface area contributed by atoms with Crippen molar-refractivity contribution in [2.75, 3.05) is 0 Å². The molecule has 0 aliphatic rings. The van der Waals surface area contributed by atoms with E-state index in [1.807, 2.05) is 41.5 Å². The molecule has 0 atom stereocenters. The zero-order chi connectivity index (χ0) is 10.9. The van der Waals surface area contributed by atoms with E-state index < -0.39 is 10.8 Å². The Kier molecular flexibility index (Phi) is 6.12. The minimum atomic E-state index is -0.402. The Morgan fingerprint density at radius 3 is 1.14 bits per heavy atom. The Morgan fingerprint density at radius 2 is 1.00 bits per heavy atom. The Labute approximate surface area is 101 Å². The quantitative estimate of drug-likeness (QED) is 0.703. The Balaban J connectivity index is 0. The molecular formula is C11H20O2W. The van der Waals surface area contributed by atoms with E-state index in [1.54, 1.807) is 0 Å². The predicted molar refractivity (Wildman–Crippen MR) is 53.5 cm³/mol. The summed E-state index contributed by atoms with van der Waals surface area (Å²) in [5.41, 5.74) is -0.804. The van der Waals surface area contributed by atoms with Gasteiger partial charge in [-0.25, -0.2) is 0 Å². The third-order valence-electron chi connectivity index (χ3n) is 1.99. The molecule has 0 saturated carbocycles. The zero-order valence-corrected chi connectivity index (χ0v) is 12.9. The fourth-order valence-electron chi connectivity index (χ4n) is 0.676. The first-order valence-corrected chi connectivity index (χ1v) is 4.62. The molecule has 0 unspecified atom stereocenters. The number of Topliss-reactive ketones (excluding diaryl/α,β-unsaturated/α-hetero) is 2. The molecule has 0 fully saturated rings. The van der Waals surface area contributed by atoms with Crippen LogP contribution in [-0.2, 0) is 30.7 Å². The molecule has 0 spiro atoms. The summed E-state index contributed by atoms with van der Waals surface area (Å²) in [6.45, 7) is 11.0. The number of carbonyl (C=O) groups excluding carboxylic acids is 2. The zero-order valence-electron chi connectivity index (χ0n) is 9.93. The molecule has 14 heavy (non-hydrogen) atoms. The molecule has 3 heteroatoms. The van der Waals surface area contributed by atoms with Crippen molar-refractivity contribution >= 4 is 11.6 Å². The molecule has 2 nitrogen and oxygen atoms in total. The molecule has 0 aromatic rings. The van der Waals surface area contributed by atoms with Crippen LogP contribution in [0.3, 0.4) is 0 Å². The van der Waals surface area contributed by atoms with Gasteiger partial charge in [-0.3, -0.25) is 9.59 Å². The fourth-order valence-corrected chi connectivity index (χ4v) is 0.676. The van der Waals surface area contributed by atoms with Gasteiger partial charge in [-0.2, -0.15) is 0 Å². The number of rotatable bonds is 2. The van der Waals surface area contributed by atoms with Crippen molar-refractivity contribution < 1.29 is 30.7 Å². The molecular weight excluding hydrogens is 348 g/mol. The molecule has 0 aliphatic heterocycles. The van der Waals surface area contributed by atoms with Gasteiger partial charge >= 0.3 is 0 Å². The molecule has 0 N–H and O–H groups in total. The molecule has 0 heterocycles. The largest absolute Gasteiger partial charge is 0.299 e. The molecule has 0 aliphatic carbocycles.